The van der Waals surface area contributed by atoms with E-state index in [1.54, 1.807) is 6.92 Å². The number of nitrogens with zero attached hydrogens (tertiary/aromatic N) is 3. The van der Waals surface area contributed by atoms with Crippen LogP contribution < -0.4 is 4.90 Å². The number of thiazole rings is 1. The lowest BCUT2D eigenvalue weighted by Gasteiger charge is -2.11. The first-order valence-corrected chi connectivity index (χ1v) is 5.37. The number of anilines is 1. The average Bonchev–Trinajstić information content (AvgIpc) is 2.70. The monoisotopic (exact) mass is 213 g/mol. The lowest BCUT2D eigenvalue weighted by molar-refractivity contribution is -0.380. The van der Waals surface area contributed by atoms with E-state index in [0.717, 1.165) is 31.1 Å². The first-order valence-electron chi connectivity index (χ1n) is 4.55. The molecular formula is C8H11N3O2S. The Bertz CT molecular complexity index is 357. The summed E-state index contributed by atoms with van der Waals surface area (Å²) in [5.41, 5.74) is 0.530. The Morgan fingerprint density at radius 2 is 2.14 bits per heavy atom. The maximum atomic E-state index is 10.6. The van der Waals surface area contributed by atoms with Crippen molar-refractivity contribution in [3.63, 3.8) is 0 Å². The summed E-state index contributed by atoms with van der Waals surface area (Å²) in [5, 5.41) is 11.6. The van der Waals surface area contributed by atoms with Crippen molar-refractivity contribution in [1.82, 2.24) is 4.98 Å². The molecule has 0 atom stereocenters. The van der Waals surface area contributed by atoms with Gasteiger partial charge in [-0.1, -0.05) is 0 Å². The average molecular weight is 213 g/mol. The van der Waals surface area contributed by atoms with Gasteiger partial charge in [-0.3, -0.25) is 10.1 Å². The molecule has 14 heavy (non-hydrogen) atoms. The van der Waals surface area contributed by atoms with E-state index >= 15 is 0 Å². The molecule has 6 heteroatoms. The summed E-state index contributed by atoms with van der Waals surface area (Å²) in [6.07, 6.45) is 2.32. The number of nitro groups is 1. The molecule has 76 valence electrons. The second-order valence-corrected chi connectivity index (χ2v) is 4.29. The highest BCUT2D eigenvalue weighted by Crippen LogP contribution is 2.33. The second-order valence-electron chi connectivity index (χ2n) is 3.34. The minimum Gasteiger partial charge on any atom is -0.348 e. The molecule has 1 aromatic rings. The third kappa shape index (κ3) is 1.57. The van der Waals surface area contributed by atoms with Crippen LogP contribution in [0.2, 0.25) is 0 Å². The lowest BCUT2D eigenvalue weighted by atomic mass is 10.4. The number of hydrogen-bond acceptors (Lipinski definition) is 5. The molecule has 1 aliphatic rings. The zero-order valence-electron chi connectivity index (χ0n) is 7.89. The maximum Gasteiger partial charge on any atom is 0.348 e. The van der Waals surface area contributed by atoms with Gasteiger partial charge < -0.3 is 4.90 Å². The van der Waals surface area contributed by atoms with Gasteiger partial charge in [-0.2, -0.15) is 0 Å². The Kier molecular flexibility index (Phi) is 2.37. The lowest BCUT2D eigenvalue weighted by Crippen LogP contribution is -2.17. The van der Waals surface area contributed by atoms with Crippen LogP contribution in [0, 0.1) is 17.0 Å². The summed E-state index contributed by atoms with van der Waals surface area (Å²) in [7, 11) is 0. The third-order valence-electron chi connectivity index (χ3n) is 2.30. The van der Waals surface area contributed by atoms with E-state index in [-0.39, 0.29) is 9.92 Å². The van der Waals surface area contributed by atoms with Gasteiger partial charge in [0.15, 0.2) is 5.13 Å². The highest BCUT2D eigenvalue weighted by atomic mass is 32.1. The molecule has 2 rings (SSSR count). The Hall–Kier alpha value is -1.17. The van der Waals surface area contributed by atoms with Gasteiger partial charge in [-0.15, -0.1) is 0 Å². The molecule has 0 amide bonds. The van der Waals surface area contributed by atoms with Crippen LogP contribution in [-0.4, -0.2) is 23.0 Å². The molecule has 0 saturated carbocycles. The minimum atomic E-state index is -0.355. The molecule has 1 saturated heterocycles. The van der Waals surface area contributed by atoms with E-state index in [1.165, 1.54) is 11.3 Å². The predicted octanol–water partition coefficient (Wildman–Crippen LogP) is 1.96. The van der Waals surface area contributed by atoms with Crippen molar-refractivity contribution in [2.45, 2.75) is 19.8 Å². The Morgan fingerprint density at radius 3 is 2.64 bits per heavy atom. The third-order valence-corrected chi connectivity index (χ3v) is 3.47. The van der Waals surface area contributed by atoms with Crippen LogP contribution in [0.3, 0.4) is 0 Å². The highest BCUT2D eigenvalue weighted by Gasteiger charge is 2.22. The van der Waals surface area contributed by atoms with Crippen molar-refractivity contribution in [2.24, 2.45) is 0 Å². The smallest absolute Gasteiger partial charge is 0.348 e. The fourth-order valence-electron chi connectivity index (χ4n) is 1.59. The van der Waals surface area contributed by atoms with E-state index in [1.807, 2.05) is 0 Å². The molecule has 5 nitrogen and oxygen atoms in total. The van der Waals surface area contributed by atoms with Crippen molar-refractivity contribution in [3.05, 3.63) is 15.8 Å². The molecule has 0 bridgehead atoms. The molecular weight excluding hydrogens is 202 g/mol. The molecule has 0 aliphatic carbocycles. The highest BCUT2D eigenvalue weighted by molar-refractivity contribution is 7.18. The van der Waals surface area contributed by atoms with Crippen LogP contribution >= 0.6 is 11.3 Å². The number of aryl methyl sites for hydroxylation is 1. The number of rotatable bonds is 2. The van der Waals surface area contributed by atoms with E-state index in [4.69, 9.17) is 0 Å². The molecule has 1 aromatic heterocycles. The molecule has 1 fully saturated rings. The largest absolute Gasteiger partial charge is 0.348 e. The van der Waals surface area contributed by atoms with Gasteiger partial charge in [0, 0.05) is 13.1 Å². The number of hydrogen-bond donors (Lipinski definition) is 0. The Balaban J connectivity index is 2.27. The van der Waals surface area contributed by atoms with Gasteiger partial charge in [0.25, 0.3) is 0 Å². The van der Waals surface area contributed by atoms with Crippen molar-refractivity contribution in [1.29, 1.82) is 0 Å². The first-order chi connectivity index (χ1) is 6.68. The Morgan fingerprint density at radius 1 is 1.50 bits per heavy atom. The molecule has 0 spiro atoms. The van der Waals surface area contributed by atoms with Crippen LogP contribution in [0.25, 0.3) is 0 Å². The summed E-state index contributed by atoms with van der Waals surface area (Å²) >= 11 is 1.18. The molecule has 2 heterocycles. The van der Waals surface area contributed by atoms with Gasteiger partial charge in [0.2, 0.25) is 0 Å². The van der Waals surface area contributed by atoms with Crippen molar-refractivity contribution >= 4 is 21.5 Å². The zero-order chi connectivity index (χ0) is 10.1. The van der Waals surface area contributed by atoms with E-state index < -0.39 is 0 Å². The van der Waals surface area contributed by atoms with Crippen LogP contribution in [0.1, 0.15) is 18.5 Å². The molecule has 1 aliphatic heterocycles. The fraction of sp³-hybridized carbons (Fsp3) is 0.625. The summed E-state index contributed by atoms with van der Waals surface area (Å²) in [6.45, 7) is 3.64. The predicted molar refractivity (Wildman–Crippen MR) is 55.0 cm³/mol. The fourth-order valence-corrected chi connectivity index (χ4v) is 2.52. The van der Waals surface area contributed by atoms with Crippen molar-refractivity contribution in [3.8, 4) is 0 Å². The van der Waals surface area contributed by atoms with Crippen molar-refractivity contribution < 1.29 is 4.92 Å². The van der Waals surface area contributed by atoms with Crippen LogP contribution in [0.4, 0.5) is 10.1 Å². The van der Waals surface area contributed by atoms with Gasteiger partial charge in [0.1, 0.15) is 5.69 Å². The van der Waals surface area contributed by atoms with Crippen molar-refractivity contribution in [2.75, 3.05) is 18.0 Å². The summed E-state index contributed by atoms with van der Waals surface area (Å²) in [4.78, 5) is 16.6. The normalized spacial score (nSPS) is 16.2. The molecule has 0 aromatic carbocycles. The van der Waals surface area contributed by atoms with Gasteiger partial charge in [-0.25, -0.2) is 4.98 Å². The summed E-state index contributed by atoms with van der Waals surface area (Å²) in [6, 6.07) is 0. The summed E-state index contributed by atoms with van der Waals surface area (Å²) in [5.74, 6) is 0. The van der Waals surface area contributed by atoms with Gasteiger partial charge in [0.05, 0.1) is 4.92 Å². The van der Waals surface area contributed by atoms with E-state index in [2.05, 4.69) is 9.88 Å². The minimum absolute atomic E-state index is 0.173. The molecule has 0 N–H and O–H groups in total. The van der Waals surface area contributed by atoms with Gasteiger partial charge in [-0.05, 0) is 31.1 Å². The number of aromatic nitrogens is 1. The topological polar surface area (TPSA) is 59.3 Å². The maximum absolute atomic E-state index is 10.6. The standard InChI is InChI=1S/C8H11N3O2S/c1-6-7(11(12)13)14-8(9-6)10-4-2-3-5-10/h2-5H2,1H3. The Labute approximate surface area is 85.5 Å². The quantitative estimate of drug-likeness (QED) is 0.556. The van der Waals surface area contributed by atoms with Crippen LogP contribution in [-0.2, 0) is 0 Å². The van der Waals surface area contributed by atoms with Crippen LogP contribution in [0.15, 0.2) is 0 Å². The molecule has 0 radical (unpaired) electrons. The van der Waals surface area contributed by atoms with E-state index in [9.17, 15) is 10.1 Å². The first kappa shape index (κ1) is 9.39. The SMILES string of the molecule is Cc1nc(N2CCCC2)sc1[N+](=O)[O-]. The molecule has 0 unspecified atom stereocenters. The summed E-state index contributed by atoms with van der Waals surface area (Å²) < 4.78 is 0. The second kappa shape index (κ2) is 3.53. The van der Waals surface area contributed by atoms with Crippen LogP contribution in [0.5, 0.6) is 0 Å². The zero-order valence-corrected chi connectivity index (χ0v) is 8.71. The van der Waals surface area contributed by atoms with Gasteiger partial charge >= 0.3 is 5.00 Å². The van der Waals surface area contributed by atoms with E-state index in [0.29, 0.717) is 5.69 Å².